The van der Waals surface area contributed by atoms with E-state index in [-0.39, 0.29) is 18.3 Å². The number of hydrogen-bond acceptors (Lipinski definition) is 3. The van der Waals surface area contributed by atoms with Crippen LogP contribution in [0.1, 0.15) is 6.92 Å². The molecule has 0 aliphatic carbocycles. The molecule has 0 aliphatic rings. The SMILES string of the molecule is CCOC(=O)CN(C)c1cccc(F)c1. The van der Waals surface area contributed by atoms with Crippen LogP contribution < -0.4 is 4.90 Å². The van der Waals surface area contributed by atoms with Crippen molar-refractivity contribution in [3.63, 3.8) is 0 Å². The van der Waals surface area contributed by atoms with Gasteiger partial charge in [0.15, 0.2) is 0 Å². The van der Waals surface area contributed by atoms with Gasteiger partial charge in [-0.05, 0) is 25.1 Å². The molecule has 0 heterocycles. The molecule has 4 heteroatoms. The van der Waals surface area contributed by atoms with Crippen molar-refractivity contribution in [1.29, 1.82) is 0 Å². The van der Waals surface area contributed by atoms with Crippen LogP contribution in [0.5, 0.6) is 0 Å². The highest BCUT2D eigenvalue weighted by Crippen LogP contribution is 2.13. The summed E-state index contributed by atoms with van der Waals surface area (Å²) in [5.41, 5.74) is 0.656. The number of carbonyl (C=O) groups is 1. The number of rotatable bonds is 4. The van der Waals surface area contributed by atoms with Crippen LogP contribution in [0.25, 0.3) is 0 Å². The number of carbonyl (C=O) groups excluding carboxylic acids is 1. The lowest BCUT2D eigenvalue weighted by Gasteiger charge is -2.17. The fraction of sp³-hybridized carbons (Fsp3) is 0.364. The van der Waals surface area contributed by atoms with E-state index in [0.717, 1.165) is 0 Å². The third-order valence-electron chi connectivity index (χ3n) is 1.92. The topological polar surface area (TPSA) is 29.5 Å². The summed E-state index contributed by atoms with van der Waals surface area (Å²) in [5.74, 6) is -0.632. The highest BCUT2D eigenvalue weighted by atomic mass is 19.1. The van der Waals surface area contributed by atoms with Gasteiger partial charge in [-0.15, -0.1) is 0 Å². The van der Waals surface area contributed by atoms with Crippen molar-refractivity contribution in [3.8, 4) is 0 Å². The predicted molar refractivity (Wildman–Crippen MR) is 56.3 cm³/mol. The molecule has 0 saturated heterocycles. The average Bonchev–Trinajstić information content (AvgIpc) is 2.18. The number of benzene rings is 1. The Kier molecular flexibility index (Phi) is 4.09. The van der Waals surface area contributed by atoms with Crippen molar-refractivity contribution in [2.75, 3.05) is 25.1 Å². The van der Waals surface area contributed by atoms with Gasteiger partial charge in [0.05, 0.1) is 6.61 Å². The Morgan fingerprint density at radius 3 is 2.87 bits per heavy atom. The third kappa shape index (κ3) is 3.58. The van der Waals surface area contributed by atoms with E-state index in [0.29, 0.717) is 12.3 Å². The Morgan fingerprint density at radius 1 is 1.53 bits per heavy atom. The van der Waals surface area contributed by atoms with E-state index in [1.165, 1.54) is 12.1 Å². The van der Waals surface area contributed by atoms with Gasteiger partial charge in [-0.3, -0.25) is 4.79 Å². The standard InChI is InChI=1S/C11H14FNO2/c1-3-15-11(14)8-13(2)10-6-4-5-9(12)7-10/h4-7H,3,8H2,1-2H3. The zero-order valence-electron chi connectivity index (χ0n) is 8.87. The predicted octanol–water partition coefficient (Wildman–Crippen LogP) is 1.83. The summed E-state index contributed by atoms with van der Waals surface area (Å²) < 4.78 is 17.7. The van der Waals surface area contributed by atoms with Gasteiger partial charge in [-0.1, -0.05) is 6.07 Å². The molecule has 0 fully saturated rings. The van der Waals surface area contributed by atoms with E-state index >= 15 is 0 Å². The fourth-order valence-electron chi connectivity index (χ4n) is 1.21. The molecule has 0 amide bonds. The van der Waals surface area contributed by atoms with Crippen molar-refractivity contribution in [2.24, 2.45) is 0 Å². The highest BCUT2D eigenvalue weighted by molar-refractivity contribution is 5.75. The second kappa shape index (κ2) is 5.34. The van der Waals surface area contributed by atoms with E-state index in [2.05, 4.69) is 0 Å². The first-order valence-corrected chi connectivity index (χ1v) is 4.75. The van der Waals surface area contributed by atoms with Crippen LogP contribution in [-0.4, -0.2) is 26.2 Å². The zero-order valence-corrected chi connectivity index (χ0v) is 8.87. The molecule has 1 aromatic carbocycles. The fourth-order valence-corrected chi connectivity index (χ4v) is 1.21. The minimum absolute atomic E-state index is 0.122. The van der Waals surface area contributed by atoms with Crippen LogP contribution in [0, 0.1) is 5.82 Å². The maximum atomic E-state index is 12.9. The van der Waals surface area contributed by atoms with Crippen LogP contribution >= 0.6 is 0 Å². The zero-order chi connectivity index (χ0) is 11.3. The Labute approximate surface area is 88.5 Å². The van der Waals surface area contributed by atoms with Crippen molar-refractivity contribution >= 4 is 11.7 Å². The molecule has 1 aromatic rings. The van der Waals surface area contributed by atoms with Crippen molar-refractivity contribution in [3.05, 3.63) is 30.1 Å². The van der Waals surface area contributed by atoms with E-state index in [4.69, 9.17) is 4.74 Å². The summed E-state index contributed by atoms with van der Waals surface area (Å²) in [6.07, 6.45) is 0. The number of nitrogens with zero attached hydrogens (tertiary/aromatic N) is 1. The Morgan fingerprint density at radius 2 is 2.27 bits per heavy atom. The number of anilines is 1. The van der Waals surface area contributed by atoms with Gasteiger partial charge in [0.1, 0.15) is 12.4 Å². The molecule has 0 bridgehead atoms. The van der Waals surface area contributed by atoms with E-state index in [9.17, 15) is 9.18 Å². The van der Waals surface area contributed by atoms with Crippen LogP contribution in [0.15, 0.2) is 24.3 Å². The van der Waals surface area contributed by atoms with Gasteiger partial charge in [-0.2, -0.15) is 0 Å². The van der Waals surface area contributed by atoms with Gasteiger partial charge in [0.25, 0.3) is 0 Å². The van der Waals surface area contributed by atoms with Crippen LogP contribution in [0.3, 0.4) is 0 Å². The van der Waals surface area contributed by atoms with Gasteiger partial charge in [0, 0.05) is 12.7 Å². The monoisotopic (exact) mass is 211 g/mol. The summed E-state index contributed by atoms with van der Waals surface area (Å²) in [7, 11) is 1.71. The number of ether oxygens (including phenoxy) is 1. The highest BCUT2D eigenvalue weighted by Gasteiger charge is 2.08. The average molecular weight is 211 g/mol. The van der Waals surface area contributed by atoms with Crippen LogP contribution in [0.4, 0.5) is 10.1 Å². The van der Waals surface area contributed by atoms with Gasteiger partial charge in [0.2, 0.25) is 0 Å². The molecule has 0 N–H and O–H groups in total. The molecule has 1 rings (SSSR count). The van der Waals surface area contributed by atoms with Crippen LogP contribution in [-0.2, 0) is 9.53 Å². The van der Waals surface area contributed by atoms with Gasteiger partial charge in [-0.25, -0.2) is 4.39 Å². The minimum Gasteiger partial charge on any atom is -0.465 e. The van der Waals surface area contributed by atoms with Crippen molar-refractivity contribution in [2.45, 2.75) is 6.92 Å². The number of hydrogen-bond donors (Lipinski definition) is 0. The molecule has 82 valence electrons. The molecule has 3 nitrogen and oxygen atoms in total. The van der Waals surface area contributed by atoms with Crippen LogP contribution in [0.2, 0.25) is 0 Å². The van der Waals surface area contributed by atoms with Crippen molar-refractivity contribution < 1.29 is 13.9 Å². The second-order valence-corrected chi connectivity index (χ2v) is 3.14. The van der Waals surface area contributed by atoms with E-state index < -0.39 is 0 Å². The molecular formula is C11H14FNO2. The molecule has 0 aliphatic heterocycles. The lowest BCUT2D eigenvalue weighted by Crippen LogP contribution is -2.27. The Bertz CT molecular complexity index is 341. The Hall–Kier alpha value is -1.58. The summed E-state index contributed by atoms with van der Waals surface area (Å²) in [6.45, 7) is 2.23. The summed E-state index contributed by atoms with van der Waals surface area (Å²) in [6, 6.07) is 6.08. The number of halogens is 1. The quantitative estimate of drug-likeness (QED) is 0.711. The molecule has 0 atom stereocenters. The summed E-state index contributed by atoms with van der Waals surface area (Å²) >= 11 is 0. The first kappa shape index (κ1) is 11.5. The second-order valence-electron chi connectivity index (χ2n) is 3.14. The minimum atomic E-state index is -0.316. The smallest absolute Gasteiger partial charge is 0.325 e. The molecule has 0 radical (unpaired) electrons. The molecule has 0 unspecified atom stereocenters. The molecule has 0 spiro atoms. The van der Waals surface area contributed by atoms with E-state index in [1.54, 1.807) is 31.0 Å². The van der Waals surface area contributed by atoms with Crippen molar-refractivity contribution in [1.82, 2.24) is 0 Å². The number of esters is 1. The normalized spacial score (nSPS) is 9.80. The summed E-state index contributed by atoms with van der Waals surface area (Å²) in [4.78, 5) is 12.8. The maximum Gasteiger partial charge on any atom is 0.325 e. The first-order valence-electron chi connectivity index (χ1n) is 4.75. The van der Waals surface area contributed by atoms with Gasteiger partial charge >= 0.3 is 5.97 Å². The lowest BCUT2D eigenvalue weighted by atomic mass is 10.3. The van der Waals surface area contributed by atoms with Gasteiger partial charge < -0.3 is 9.64 Å². The maximum absolute atomic E-state index is 12.9. The summed E-state index contributed by atoms with van der Waals surface area (Å²) in [5, 5.41) is 0. The molecule has 0 aromatic heterocycles. The number of likely N-dealkylation sites (N-methyl/N-ethyl adjacent to an activating group) is 1. The first-order chi connectivity index (χ1) is 7.13. The third-order valence-corrected chi connectivity index (χ3v) is 1.92. The largest absolute Gasteiger partial charge is 0.465 e. The molecule has 0 saturated carbocycles. The molecule has 15 heavy (non-hydrogen) atoms. The Balaban J connectivity index is 2.60. The molecular weight excluding hydrogens is 197 g/mol. The van der Waals surface area contributed by atoms with E-state index in [1.807, 2.05) is 0 Å². The lowest BCUT2D eigenvalue weighted by molar-refractivity contribution is -0.141.